The fraction of sp³-hybridized carbons (Fsp3) is 0.357. The van der Waals surface area contributed by atoms with Crippen molar-refractivity contribution >= 4 is 11.8 Å². The lowest BCUT2D eigenvalue weighted by atomic mass is 9.94. The summed E-state index contributed by atoms with van der Waals surface area (Å²) in [6.07, 6.45) is -2.17. The first kappa shape index (κ1) is 27.2. The minimum absolute atomic E-state index is 0.0601. The molecule has 9 nitrogen and oxygen atoms in total. The van der Waals surface area contributed by atoms with Crippen molar-refractivity contribution in [2.45, 2.75) is 44.8 Å². The summed E-state index contributed by atoms with van der Waals surface area (Å²) in [7, 11) is 0. The summed E-state index contributed by atoms with van der Waals surface area (Å²) in [6, 6.07) is 5.50. The first-order valence-electron chi connectivity index (χ1n) is 12.8. The van der Waals surface area contributed by atoms with Gasteiger partial charge in [-0.05, 0) is 35.8 Å². The molecule has 1 aromatic carbocycles. The highest BCUT2D eigenvalue weighted by Crippen LogP contribution is 2.40. The van der Waals surface area contributed by atoms with Gasteiger partial charge in [0.1, 0.15) is 17.2 Å². The van der Waals surface area contributed by atoms with E-state index in [0.717, 1.165) is 29.1 Å². The van der Waals surface area contributed by atoms with Gasteiger partial charge in [0.15, 0.2) is 5.69 Å². The number of hydrogen-bond acceptors (Lipinski definition) is 6. The second-order valence-corrected chi connectivity index (χ2v) is 10.2. The molecule has 0 radical (unpaired) electrons. The first-order chi connectivity index (χ1) is 18.9. The predicted octanol–water partition coefficient (Wildman–Crippen LogP) is 4.13. The molecule has 0 saturated carbocycles. The Kier molecular flexibility index (Phi) is 6.80. The molecule has 2 aliphatic heterocycles. The van der Waals surface area contributed by atoms with Crippen molar-refractivity contribution in [2.75, 3.05) is 19.6 Å². The molecule has 5 rings (SSSR count). The number of aromatic hydroxyl groups is 2. The largest absolute Gasteiger partial charge is 0.506 e. The van der Waals surface area contributed by atoms with Crippen molar-refractivity contribution in [3.05, 3.63) is 76.9 Å². The second-order valence-electron chi connectivity index (χ2n) is 10.2. The number of amides is 2. The van der Waals surface area contributed by atoms with E-state index in [0.29, 0.717) is 30.8 Å². The van der Waals surface area contributed by atoms with Gasteiger partial charge in [-0.1, -0.05) is 26.5 Å². The van der Waals surface area contributed by atoms with Crippen molar-refractivity contribution < 1.29 is 33.0 Å². The Hall–Kier alpha value is -4.35. The number of alkyl halides is 3. The van der Waals surface area contributed by atoms with Gasteiger partial charge in [0, 0.05) is 44.2 Å². The molecule has 0 bridgehead atoms. The summed E-state index contributed by atoms with van der Waals surface area (Å²) in [5.41, 5.74) is 1.92. The molecule has 2 aliphatic rings. The maximum Gasteiger partial charge on any atom is 0.437 e. The van der Waals surface area contributed by atoms with E-state index in [2.05, 4.69) is 11.6 Å². The Morgan fingerprint density at radius 3 is 2.50 bits per heavy atom. The molecule has 2 N–H and O–H groups in total. The summed E-state index contributed by atoms with van der Waals surface area (Å²) in [4.78, 5) is 32.5. The topological polar surface area (TPSA) is 112 Å². The molecule has 1 unspecified atom stereocenters. The van der Waals surface area contributed by atoms with Crippen molar-refractivity contribution in [3.8, 4) is 17.2 Å². The van der Waals surface area contributed by atoms with Crippen LogP contribution in [0, 0.1) is 0 Å². The quantitative estimate of drug-likeness (QED) is 0.469. The average Bonchev–Trinajstić information content (AvgIpc) is 3.16. The summed E-state index contributed by atoms with van der Waals surface area (Å²) in [6.45, 7) is 8.18. The number of rotatable bonds is 4. The lowest BCUT2D eigenvalue weighted by Gasteiger charge is -2.37. The minimum atomic E-state index is -4.87. The molecule has 0 aliphatic carbocycles. The number of carbonyl (C=O) groups excluding carboxylic acids is 2. The van der Waals surface area contributed by atoms with E-state index in [-0.39, 0.29) is 36.2 Å². The Morgan fingerprint density at radius 1 is 1.12 bits per heavy atom. The van der Waals surface area contributed by atoms with Gasteiger partial charge in [0.2, 0.25) is 5.91 Å². The van der Waals surface area contributed by atoms with Crippen LogP contribution in [0.3, 0.4) is 0 Å². The van der Waals surface area contributed by atoms with Crippen LogP contribution < -0.4 is 0 Å². The van der Waals surface area contributed by atoms with Crippen LogP contribution in [0.25, 0.3) is 5.69 Å². The number of benzene rings is 1. The summed E-state index contributed by atoms with van der Waals surface area (Å²) >= 11 is 0. The van der Waals surface area contributed by atoms with Gasteiger partial charge in [-0.15, -0.1) is 0 Å². The zero-order chi connectivity index (χ0) is 28.9. The highest BCUT2D eigenvalue weighted by Gasteiger charge is 2.41. The highest BCUT2D eigenvalue weighted by molar-refractivity contribution is 5.95. The molecular formula is C28H28F3N5O4. The SMILES string of the molecule is C=CC(=O)N1CCc2nn(-c3ccc(C(C)C)cc3O)c3c2C(C1)N(C(=O)c1cnc(C(F)(F)F)c(O)c1)CC3. The van der Waals surface area contributed by atoms with Crippen LogP contribution in [0.4, 0.5) is 13.2 Å². The predicted molar refractivity (Wildman–Crippen MR) is 138 cm³/mol. The molecule has 0 fully saturated rings. The third-order valence-corrected chi connectivity index (χ3v) is 7.43. The van der Waals surface area contributed by atoms with E-state index in [1.54, 1.807) is 21.7 Å². The number of halogens is 3. The maximum atomic E-state index is 13.6. The Bertz CT molecular complexity index is 1510. The molecule has 1 atom stereocenters. The van der Waals surface area contributed by atoms with Crippen molar-refractivity contribution in [3.63, 3.8) is 0 Å². The maximum absolute atomic E-state index is 13.6. The van der Waals surface area contributed by atoms with Crippen LogP contribution in [0.15, 0.2) is 43.1 Å². The highest BCUT2D eigenvalue weighted by atomic mass is 19.4. The summed E-state index contributed by atoms with van der Waals surface area (Å²) in [5.74, 6) is -1.83. The van der Waals surface area contributed by atoms with E-state index in [1.807, 2.05) is 19.9 Å². The molecule has 12 heteroatoms. The van der Waals surface area contributed by atoms with Gasteiger partial charge in [0.05, 0.1) is 23.0 Å². The third kappa shape index (κ3) is 4.67. The van der Waals surface area contributed by atoms with Crippen LogP contribution in [-0.2, 0) is 23.8 Å². The van der Waals surface area contributed by atoms with Gasteiger partial charge >= 0.3 is 6.18 Å². The summed E-state index contributed by atoms with van der Waals surface area (Å²) in [5, 5.41) is 25.6. The molecule has 0 saturated heterocycles. The van der Waals surface area contributed by atoms with Gasteiger partial charge in [-0.2, -0.15) is 18.3 Å². The number of hydrogen-bond donors (Lipinski definition) is 2. The van der Waals surface area contributed by atoms with E-state index in [9.17, 15) is 33.0 Å². The molecule has 3 aromatic rings. The lowest BCUT2D eigenvalue weighted by Crippen LogP contribution is -2.45. The molecule has 2 amide bonds. The van der Waals surface area contributed by atoms with Crippen LogP contribution in [0.1, 0.15) is 64.4 Å². The average molecular weight is 556 g/mol. The van der Waals surface area contributed by atoms with E-state index in [1.165, 1.54) is 11.0 Å². The number of phenols is 1. The molecule has 2 aromatic heterocycles. The lowest BCUT2D eigenvalue weighted by molar-refractivity contribution is -0.142. The van der Waals surface area contributed by atoms with Crippen LogP contribution >= 0.6 is 0 Å². The molecule has 40 heavy (non-hydrogen) atoms. The van der Waals surface area contributed by atoms with Gasteiger partial charge in [-0.25, -0.2) is 9.67 Å². The fourth-order valence-electron chi connectivity index (χ4n) is 5.40. The first-order valence-corrected chi connectivity index (χ1v) is 12.8. The van der Waals surface area contributed by atoms with Crippen LogP contribution in [-0.4, -0.2) is 66.2 Å². The number of pyridine rings is 1. The third-order valence-electron chi connectivity index (χ3n) is 7.43. The van der Waals surface area contributed by atoms with Crippen molar-refractivity contribution in [1.29, 1.82) is 0 Å². The Labute approximate surface area is 228 Å². The molecule has 4 heterocycles. The molecule has 210 valence electrons. The number of aromatic nitrogens is 3. The summed E-state index contributed by atoms with van der Waals surface area (Å²) < 4.78 is 41.0. The Morgan fingerprint density at radius 2 is 1.88 bits per heavy atom. The van der Waals surface area contributed by atoms with E-state index >= 15 is 0 Å². The molecular weight excluding hydrogens is 527 g/mol. The fourth-order valence-corrected chi connectivity index (χ4v) is 5.40. The number of carbonyl (C=O) groups is 2. The van der Waals surface area contributed by atoms with Crippen LogP contribution in [0.2, 0.25) is 0 Å². The minimum Gasteiger partial charge on any atom is -0.506 e. The van der Waals surface area contributed by atoms with E-state index in [4.69, 9.17) is 5.10 Å². The monoisotopic (exact) mass is 555 g/mol. The normalized spacial score (nSPS) is 17.0. The van der Waals surface area contributed by atoms with Gasteiger partial charge < -0.3 is 20.0 Å². The zero-order valence-electron chi connectivity index (χ0n) is 21.9. The van der Waals surface area contributed by atoms with Gasteiger partial charge in [-0.3, -0.25) is 9.59 Å². The van der Waals surface area contributed by atoms with E-state index < -0.39 is 29.6 Å². The zero-order valence-corrected chi connectivity index (χ0v) is 21.9. The Balaban J connectivity index is 1.58. The second kappa shape index (κ2) is 10.00. The van der Waals surface area contributed by atoms with Gasteiger partial charge in [0.25, 0.3) is 5.91 Å². The standard InChI is InChI=1S/C28H28F3N5O4/c1-4-24(39)34-9-7-18-25-20(36(33-18)19-6-5-16(15(2)3)11-22(19)37)8-10-35(21(25)14-34)27(40)17-12-23(38)26(32-13-17)28(29,30)31/h4-6,11-13,15,21,37-38H,1,7-10,14H2,2-3H3. The molecule has 0 spiro atoms. The van der Waals surface area contributed by atoms with Crippen molar-refractivity contribution in [1.82, 2.24) is 24.6 Å². The van der Waals surface area contributed by atoms with Crippen molar-refractivity contribution in [2.24, 2.45) is 0 Å². The van der Waals surface area contributed by atoms with Crippen LogP contribution in [0.5, 0.6) is 11.5 Å². The smallest absolute Gasteiger partial charge is 0.437 e. The number of nitrogens with zero attached hydrogens (tertiary/aromatic N) is 5. The number of phenolic OH excluding ortho intramolecular Hbond substituents is 1.